The maximum atomic E-state index is 11.3. The van der Waals surface area contributed by atoms with Crippen molar-refractivity contribution in [3.8, 4) is 0 Å². The Hall–Kier alpha value is -0.570. The van der Waals surface area contributed by atoms with Gasteiger partial charge in [-0.15, -0.1) is 0 Å². The van der Waals surface area contributed by atoms with Crippen LogP contribution in [0.5, 0.6) is 0 Å². The molecule has 3 nitrogen and oxygen atoms in total. The van der Waals surface area contributed by atoms with E-state index < -0.39 is 0 Å². The van der Waals surface area contributed by atoms with E-state index in [9.17, 15) is 4.79 Å². The summed E-state index contributed by atoms with van der Waals surface area (Å²) in [6.07, 6.45) is 5.14. The summed E-state index contributed by atoms with van der Waals surface area (Å²) < 4.78 is 5.21. The van der Waals surface area contributed by atoms with E-state index in [1.165, 1.54) is 12.8 Å². The molecule has 1 aliphatic carbocycles. The Morgan fingerprint density at radius 2 is 2.29 bits per heavy atom. The molecular formula is C11H21NO2. The molecule has 1 unspecified atom stereocenters. The summed E-state index contributed by atoms with van der Waals surface area (Å²) in [5.74, 6) is -0.0703. The van der Waals surface area contributed by atoms with E-state index in [4.69, 9.17) is 4.74 Å². The van der Waals surface area contributed by atoms with Gasteiger partial charge in [0.25, 0.3) is 0 Å². The molecule has 0 saturated heterocycles. The van der Waals surface area contributed by atoms with Crippen LogP contribution in [0.1, 0.15) is 46.0 Å². The molecule has 0 heterocycles. The van der Waals surface area contributed by atoms with Crippen molar-refractivity contribution in [2.75, 3.05) is 6.54 Å². The van der Waals surface area contributed by atoms with Gasteiger partial charge < -0.3 is 10.1 Å². The summed E-state index contributed by atoms with van der Waals surface area (Å²) in [6.45, 7) is 4.82. The summed E-state index contributed by atoms with van der Waals surface area (Å²) in [5, 5.41) is 3.29. The molecular weight excluding hydrogens is 178 g/mol. The second-order valence-corrected chi connectivity index (χ2v) is 4.07. The van der Waals surface area contributed by atoms with E-state index in [0.29, 0.717) is 12.5 Å². The Kier molecular flexibility index (Phi) is 4.94. The van der Waals surface area contributed by atoms with Gasteiger partial charge in [0.15, 0.2) is 0 Å². The van der Waals surface area contributed by atoms with Crippen LogP contribution >= 0.6 is 0 Å². The fourth-order valence-corrected chi connectivity index (χ4v) is 1.41. The van der Waals surface area contributed by atoms with Crippen LogP contribution in [0.3, 0.4) is 0 Å². The fourth-order valence-electron chi connectivity index (χ4n) is 1.41. The monoisotopic (exact) mass is 199 g/mol. The lowest BCUT2D eigenvalue weighted by atomic mass is 10.2. The number of hydrogen-bond acceptors (Lipinski definition) is 3. The smallest absolute Gasteiger partial charge is 0.307 e. The molecule has 1 saturated carbocycles. The number of rotatable bonds is 7. The van der Waals surface area contributed by atoms with Crippen molar-refractivity contribution in [2.24, 2.45) is 0 Å². The highest BCUT2D eigenvalue weighted by atomic mass is 16.5. The molecule has 0 spiro atoms. The molecule has 82 valence electrons. The standard InChI is InChI=1S/C11H21NO2/c1-3-4-9(2)14-11(13)7-8-12-10-5-6-10/h9-10,12H,3-8H2,1-2H3. The van der Waals surface area contributed by atoms with Gasteiger partial charge in [-0.2, -0.15) is 0 Å². The lowest BCUT2D eigenvalue weighted by molar-refractivity contribution is -0.148. The zero-order valence-corrected chi connectivity index (χ0v) is 9.21. The van der Waals surface area contributed by atoms with Gasteiger partial charge in [0.05, 0.1) is 12.5 Å². The molecule has 0 radical (unpaired) electrons. The number of esters is 1. The number of ether oxygens (including phenoxy) is 1. The lowest BCUT2D eigenvalue weighted by Crippen LogP contribution is -2.23. The van der Waals surface area contributed by atoms with Crippen molar-refractivity contribution in [3.05, 3.63) is 0 Å². The lowest BCUT2D eigenvalue weighted by Gasteiger charge is -2.11. The minimum atomic E-state index is -0.0703. The van der Waals surface area contributed by atoms with Crippen molar-refractivity contribution < 1.29 is 9.53 Å². The average molecular weight is 199 g/mol. The van der Waals surface area contributed by atoms with Gasteiger partial charge in [-0.25, -0.2) is 0 Å². The third-order valence-corrected chi connectivity index (χ3v) is 2.37. The molecule has 0 aromatic heterocycles. The first-order chi connectivity index (χ1) is 6.72. The molecule has 1 fully saturated rings. The molecule has 1 rings (SSSR count). The van der Waals surface area contributed by atoms with Crippen LogP contribution in [-0.4, -0.2) is 24.7 Å². The second-order valence-electron chi connectivity index (χ2n) is 4.07. The summed E-state index contributed by atoms with van der Waals surface area (Å²) in [6, 6.07) is 0.677. The molecule has 14 heavy (non-hydrogen) atoms. The summed E-state index contributed by atoms with van der Waals surface area (Å²) in [5.41, 5.74) is 0. The van der Waals surface area contributed by atoms with E-state index in [0.717, 1.165) is 19.4 Å². The molecule has 0 bridgehead atoms. The fraction of sp³-hybridized carbons (Fsp3) is 0.909. The topological polar surface area (TPSA) is 38.3 Å². The molecule has 0 amide bonds. The van der Waals surface area contributed by atoms with Crippen LogP contribution < -0.4 is 5.32 Å². The highest BCUT2D eigenvalue weighted by Crippen LogP contribution is 2.18. The molecule has 3 heteroatoms. The zero-order valence-electron chi connectivity index (χ0n) is 9.21. The average Bonchev–Trinajstić information content (AvgIpc) is 2.88. The van der Waals surface area contributed by atoms with E-state index in [1.54, 1.807) is 0 Å². The van der Waals surface area contributed by atoms with Crippen molar-refractivity contribution in [2.45, 2.75) is 58.1 Å². The second kappa shape index (κ2) is 6.02. The van der Waals surface area contributed by atoms with Gasteiger partial charge in [0.2, 0.25) is 0 Å². The number of hydrogen-bond donors (Lipinski definition) is 1. The first kappa shape index (κ1) is 11.5. The van der Waals surface area contributed by atoms with Gasteiger partial charge in [0, 0.05) is 12.6 Å². The zero-order chi connectivity index (χ0) is 10.4. The van der Waals surface area contributed by atoms with E-state index in [-0.39, 0.29) is 12.1 Å². The number of nitrogens with one attached hydrogen (secondary N) is 1. The highest BCUT2D eigenvalue weighted by Gasteiger charge is 2.20. The summed E-state index contributed by atoms with van der Waals surface area (Å²) in [4.78, 5) is 11.3. The Bertz CT molecular complexity index is 178. The maximum absolute atomic E-state index is 11.3. The van der Waals surface area contributed by atoms with Gasteiger partial charge in [-0.05, 0) is 26.2 Å². The van der Waals surface area contributed by atoms with Gasteiger partial charge in [-0.1, -0.05) is 13.3 Å². The normalized spacial score (nSPS) is 17.9. The first-order valence-corrected chi connectivity index (χ1v) is 5.65. The van der Waals surface area contributed by atoms with Crippen LogP contribution in [0.15, 0.2) is 0 Å². The van der Waals surface area contributed by atoms with Crippen molar-refractivity contribution in [1.29, 1.82) is 0 Å². The van der Waals surface area contributed by atoms with Crippen LogP contribution in [-0.2, 0) is 9.53 Å². The minimum absolute atomic E-state index is 0.0703. The molecule has 1 aliphatic rings. The molecule has 1 atom stereocenters. The van der Waals surface area contributed by atoms with E-state index in [1.807, 2.05) is 6.92 Å². The molecule has 1 N–H and O–H groups in total. The summed E-state index contributed by atoms with van der Waals surface area (Å²) in [7, 11) is 0. The third kappa shape index (κ3) is 5.22. The maximum Gasteiger partial charge on any atom is 0.307 e. The van der Waals surface area contributed by atoms with Gasteiger partial charge in [-0.3, -0.25) is 4.79 Å². The number of carbonyl (C=O) groups excluding carboxylic acids is 1. The summed E-state index contributed by atoms with van der Waals surface area (Å²) >= 11 is 0. The first-order valence-electron chi connectivity index (χ1n) is 5.65. The van der Waals surface area contributed by atoms with Crippen molar-refractivity contribution in [3.63, 3.8) is 0 Å². The van der Waals surface area contributed by atoms with Gasteiger partial charge in [0.1, 0.15) is 0 Å². The SMILES string of the molecule is CCCC(C)OC(=O)CCNC1CC1. The minimum Gasteiger partial charge on any atom is -0.463 e. The largest absolute Gasteiger partial charge is 0.463 e. The molecule has 0 aromatic carbocycles. The van der Waals surface area contributed by atoms with Crippen LogP contribution in [0, 0.1) is 0 Å². The Morgan fingerprint density at radius 3 is 2.86 bits per heavy atom. The Balaban J connectivity index is 1.96. The number of carbonyl (C=O) groups is 1. The van der Waals surface area contributed by atoms with Crippen molar-refractivity contribution >= 4 is 5.97 Å². The van der Waals surface area contributed by atoms with Gasteiger partial charge >= 0.3 is 5.97 Å². The molecule has 0 aromatic rings. The van der Waals surface area contributed by atoms with Crippen LogP contribution in [0.25, 0.3) is 0 Å². The van der Waals surface area contributed by atoms with Crippen LogP contribution in [0.2, 0.25) is 0 Å². The van der Waals surface area contributed by atoms with E-state index in [2.05, 4.69) is 12.2 Å². The third-order valence-electron chi connectivity index (χ3n) is 2.37. The Morgan fingerprint density at radius 1 is 1.57 bits per heavy atom. The highest BCUT2D eigenvalue weighted by molar-refractivity contribution is 5.69. The van der Waals surface area contributed by atoms with E-state index >= 15 is 0 Å². The molecule has 0 aliphatic heterocycles. The Labute approximate surface area is 86.2 Å². The van der Waals surface area contributed by atoms with Crippen LogP contribution in [0.4, 0.5) is 0 Å². The predicted octanol–water partition coefficient (Wildman–Crippen LogP) is 1.86. The predicted molar refractivity (Wildman–Crippen MR) is 56.1 cm³/mol. The quantitative estimate of drug-likeness (QED) is 0.636. The van der Waals surface area contributed by atoms with Crippen molar-refractivity contribution in [1.82, 2.24) is 5.32 Å².